The van der Waals surface area contributed by atoms with Crippen LogP contribution in [0.4, 0.5) is 0 Å². The molecule has 5 heteroatoms. The summed E-state index contributed by atoms with van der Waals surface area (Å²) in [6.07, 6.45) is 1.71. The lowest BCUT2D eigenvalue weighted by Gasteiger charge is -2.24. The van der Waals surface area contributed by atoms with Crippen molar-refractivity contribution in [2.75, 3.05) is 31.1 Å². The third-order valence-electron chi connectivity index (χ3n) is 3.69. The number of fused-ring (bicyclic) bond motifs is 1. The minimum atomic E-state index is -0.0524. The van der Waals surface area contributed by atoms with E-state index in [0.29, 0.717) is 6.54 Å². The molecule has 3 rings (SSSR count). The quantitative estimate of drug-likeness (QED) is 0.696. The first kappa shape index (κ1) is 15.1. The number of carbonyl (C=O) groups is 1. The highest BCUT2D eigenvalue weighted by molar-refractivity contribution is 7.99. The van der Waals surface area contributed by atoms with Crippen LogP contribution in [-0.2, 0) is 4.79 Å². The van der Waals surface area contributed by atoms with Gasteiger partial charge in [0, 0.05) is 30.2 Å². The van der Waals surface area contributed by atoms with Gasteiger partial charge in [0.05, 0.1) is 12.8 Å². The Hall–Kier alpha value is -1.85. The fourth-order valence-electron chi connectivity index (χ4n) is 2.53. The van der Waals surface area contributed by atoms with Crippen LogP contribution < -0.4 is 5.43 Å². The van der Waals surface area contributed by atoms with E-state index >= 15 is 0 Å². The number of rotatable bonds is 4. The van der Waals surface area contributed by atoms with E-state index in [1.54, 1.807) is 6.21 Å². The first-order valence-electron chi connectivity index (χ1n) is 7.43. The van der Waals surface area contributed by atoms with Crippen LogP contribution in [0, 0.1) is 0 Å². The van der Waals surface area contributed by atoms with Gasteiger partial charge in [0.1, 0.15) is 0 Å². The summed E-state index contributed by atoms with van der Waals surface area (Å²) in [7, 11) is 0. The molecule has 1 saturated heterocycles. The summed E-state index contributed by atoms with van der Waals surface area (Å²) < 4.78 is 0. The number of carbonyl (C=O) groups excluding carboxylic acids is 1. The zero-order chi connectivity index (χ0) is 15.2. The van der Waals surface area contributed by atoms with Crippen molar-refractivity contribution in [2.45, 2.75) is 0 Å². The topological polar surface area (TPSA) is 44.7 Å². The van der Waals surface area contributed by atoms with Crippen molar-refractivity contribution in [3.05, 3.63) is 48.0 Å². The van der Waals surface area contributed by atoms with Crippen molar-refractivity contribution in [1.29, 1.82) is 0 Å². The number of hydrogen-bond donors (Lipinski definition) is 1. The third-order valence-corrected chi connectivity index (χ3v) is 4.63. The molecule has 0 aliphatic carbocycles. The van der Waals surface area contributed by atoms with Gasteiger partial charge in [-0.1, -0.05) is 42.5 Å². The number of amides is 1. The van der Waals surface area contributed by atoms with Crippen LogP contribution in [0.15, 0.2) is 47.6 Å². The van der Waals surface area contributed by atoms with Gasteiger partial charge in [-0.15, -0.1) is 0 Å². The third kappa shape index (κ3) is 3.87. The van der Waals surface area contributed by atoms with Crippen LogP contribution in [0.5, 0.6) is 0 Å². The second-order valence-electron chi connectivity index (χ2n) is 5.25. The molecular weight excluding hydrogens is 294 g/mol. The Bertz CT molecular complexity index is 675. The Morgan fingerprint density at radius 2 is 1.95 bits per heavy atom. The Morgan fingerprint density at radius 1 is 1.18 bits per heavy atom. The average Bonchev–Trinajstić information content (AvgIpc) is 2.56. The molecular formula is C17H19N3OS. The standard InChI is InChI=1S/C17H19N3OS/c21-17(13-20-8-10-22-11-9-20)19-18-12-15-6-3-5-14-4-1-2-7-16(14)15/h1-7,12H,8-11,13H2,(H,19,21)/b18-12+. The first-order chi connectivity index (χ1) is 10.8. The van der Waals surface area contributed by atoms with Gasteiger partial charge >= 0.3 is 0 Å². The summed E-state index contributed by atoms with van der Waals surface area (Å²) >= 11 is 1.94. The molecule has 1 fully saturated rings. The number of nitrogens with zero attached hydrogens (tertiary/aromatic N) is 2. The summed E-state index contributed by atoms with van der Waals surface area (Å²) in [6.45, 7) is 2.38. The Labute approximate surface area is 134 Å². The largest absolute Gasteiger partial charge is 0.293 e. The van der Waals surface area contributed by atoms with Crippen LogP contribution >= 0.6 is 11.8 Å². The minimum Gasteiger partial charge on any atom is -0.293 e. The lowest BCUT2D eigenvalue weighted by molar-refractivity contribution is -0.122. The van der Waals surface area contributed by atoms with Crippen molar-refractivity contribution >= 4 is 34.7 Å². The Kier molecular flexibility index (Phi) is 5.08. The number of hydrazone groups is 1. The molecule has 1 heterocycles. The Balaban J connectivity index is 1.60. The molecule has 114 valence electrons. The molecule has 1 amide bonds. The number of benzene rings is 2. The zero-order valence-corrected chi connectivity index (χ0v) is 13.2. The maximum absolute atomic E-state index is 11.9. The first-order valence-corrected chi connectivity index (χ1v) is 8.58. The maximum Gasteiger partial charge on any atom is 0.254 e. The van der Waals surface area contributed by atoms with E-state index in [1.807, 2.05) is 36.0 Å². The zero-order valence-electron chi connectivity index (χ0n) is 12.4. The van der Waals surface area contributed by atoms with Crippen molar-refractivity contribution in [1.82, 2.24) is 10.3 Å². The average molecular weight is 313 g/mol. The SMILES string of the molecule is O=C(CN1CCSCC1)N/N=C/c1cccc2ccccc12. The monoisotopic (exact) mass is 313 g/mol. The lowest BCUT2D eigenvalue weighted by atomic mass is 10.1. The highest BCUT2D eigenvalue weighted by Gasteiger charge is 2.13. The molecule has 0 spiro atoms. The van der Waals surface area contributed by atoms with E-state index in [2.05, 4.69) is 33.6 Å². The van der Waals surface area contributed by atoms with Crippen LogP contribution in [0.25, 0.3) is 10.8 Å². The van der Waals surface area contributed by atoms with E-state index in [9.17, 15) is 4.79 Å². The molecule has 0 saturated carbocycles. The molecule has 4 nitrogen and oxygen atoms in total. The number of nitrogens with one attached hydrogen (secondary N) is 1. The second-order valence-corrected chi connectivity index (χ2v) is 6.47. The van der Waals surface area contributed by atoms with E-state index in [0.717, 1.165) is 35.5 Å². The molecule has 0 unspecified atom stereocenters. The van der Waals surface area contributed by atoms with Gasteiger partial charge in [0.2, 0.25) is 0 Å². The molecule has 1 N–H and O–H groups in total. The molecule has 22 heavy (non-hydrogen) atoms. The summed E-state index contributed by atoms with van der Waals surface area (Å²) in [6, 6.07) is 14.2. The van der Waals surface area contributed by atoms with Gasteiger partial charge < -0.3 is 0 Å². The fraction of sp³-hybridized carbons (Fsp3) is 0.294. The maximum atomic E-state index is 11.9. The van der Waals surface area contributed by atoms with Crippen molar-refractivity contribution in [2.24, 2.45) is 5.10 Å². The van der Waals surface area contributed by atoms with Gasteiger partial charge in [-0.3, -0.25) is 9.69 Å². The van der Waals surface area contributed by atoms with Crippen LogP contribution in [0.3, 0.4) is 0 Å². The van der Waals surface area contributed by atoms with Gasteiger partial charge in [-0.05, 0) is 10.8 Å². The molecule has 0 atom stereocenters. The predicted molar refractivity (Wildman–Crippen MR) is 93.4 cm³/mol. The molecule has 2 aromatic rings. The lowest BCUT2D eigenvalue weighted by Crippen LogP contribution is -2.40. The Morgan fingerprint density at radius 3 is 2.82 bits per heavy atom. The summed E-state index contributed by atoms with van der Waals surface area (Å²) in [4.78, 5) is 14.1. The van der Waals surface area contributed by atoms with Crippen LogP contribution in [0.2, 0.25) is 0 Å². The summed E-state index contributed by atoms with van der Waals surface area (Å²) in [5, 5.41) is 6.41. The highest BCUT2D eigenvalue weighted by atomic mass is 32.2. The van der Waals surface area contributed by atoms with E-state index < -0.39 is 0 Å². The summed E-state index contributed by atoms with van der Waals surface area (Å²) in [5.41, 5.74) is 3.63. The number of hydrogen-bond acceptors (Lipinski definition) is 4. The van der Waals surface area contributed by atoms with Crippen molar-refractivity contribution < 1.29 is 4.79 Å². The summed E-state index contributed by atoms with van der Waals surface area (Å²) in [5.74, 6) is 2.16. The van der Waals surface area contributed by atoms with Crippen LogP contribution in [0.1, 0.15) is 5.56 Å². The van der Waals surface area contributed by atoms with Gasteiger partial charge in [0.15, 0.2) is 0 Å². The van der Waals surface area contributed by atoms with E-state index in [1.165, 1.54) is 5.39 Å². The molecule has 0 radical (unpaired) electrons. The molecule has 1 aliphatic rings. The molecule has 1 aliphatic heterocycles. The second kappa shape index (κ2) is 7.42. The van der Waals surface area contributed by atoms with Crippen molar-refractivity contribution in [3.8, 4) is 0 Å². The van der Waals surface area contributed by atoms with Gasteiger partial charge in [-0.25, -0.2) is 5.43 Å². The molecule has 0 aromatic heterocycles. The normalized spacial score (nSPS) is 16.2. The smallest absolute Gasteiger partial charge is 0.254 e. The van der Waals surface area contributed by atoms with Crippen LogP contribution in [-0.4, -0.2) is 48.2 Å². The highest BCUT2D eigenvalue weighted by Crippen LogP contribution is 2.16. The van der Waals surface area contributed by atoms with E-state index in [4.69, 9.17) is 0 Å². The minimum absolute atomic E-state index is 0.0524. The predicted octanol–water partition coefficient (Wildman–Crippen LogP) is 2.34. The fourth-order valence-corrected chi connectivity index (χ4v) is 3.51. The van der Waals surface area contributed by atoms with Gasteiger partial charge in [-0.2, -0.15) is 16.9 Å². The van der Waals surface area contributed by atoms with Gasteiger partial charge in [0.25, 0.3) is 5.91 Å². The number of thioether (sulfide) groups is 1. The van der Waals surface area contributed by atoms with Crippen molar-refractivity contribution in [3.63, 3.8) is 0 Å². The molecule has 0 bridgehead atoms. The molecule has 2 aromatic carbocycles. The van der Waals surface area contributed by atoms with E-state index in [-0.39, 0.29) is 5.91 Å².